The number of esters is 1. The summed E-state index contributed by atoms with van der Waals surface area (Å²) in [6, 6.07) is 0. The maximum atomic E-state index is 11.6. The molecule has 1 fully saturated rings. The summed E-state index contributed by atoms with van der Waals surface area (Å²) < 4.78 is 5.46. The largest absolute Gasteiger partial charge is 0.454 e. The van der Waals surface area contributed by atoms with Crippen molar-refractivity contribution in [3.8, 4) is 0 Å². The van der Waals surface area contributed by atoms with Crippen LogP contribution in [0.4, 0.5) is 0 Å². The van der Waals surface area contributed by atoms with Gasteiger partial charge in [-0.15, -0.1) is 0 Å². The van der Waals surface area contributed by atoms with Gasteiger partial charge in [0.15, 0.2) is 0 Å². The van der Waals surface area contributed by atoms with Crippen LogP contribution in [0.5, 0.6) is 0 Å². The van der Waals surface area contributed by atoms with Gasteiger partial charge < -0.3 is 4.74 Å². The van der Waals surface area contributed by atoms with Crippen LogP contribution < -0.4 is 0 Å². The lowest BCUT2D eigenvalue weighted by Gasteiger charge is -2.44. The summed E-state index contributed by atoms with van der Waals surface area (Å²) in [5, 5.41) is 0. The normalized spacial score (nSPS) is 39.7. The molecule has 2 aliphatic carbocycles. The highest BCUT2D eigenvalue weighted by atomic mass is 16.5. The summed E-state index contributed by atoms with van der Waals surface area (Å²) >= 11 is 0. The summed E-state index contributed by atoms with van der Waals surface area (Å²) in [4.78, 5) is 11.6. The number of ether oxygens (including phenoxy) is 1. The Labute approximate surface area is 102 Å². The SMILES string of the molecule is CC1=CC=C[C@]2(C)C[C@@H]3OC(=O)C(C)=C3C[C@H]12. The second kappa shape index (κ2) is 3.34. The van der Waals surface area contributed by atoms with Gasteiger partial charge in [0, 0.05) is 5.57 Å². The van der Waals surface area contributed by atoms with Gasteiger partial charge in [0.05, 0.1) is 0 Å². The Balaban J connectivity index is 2.01. The summed E-state index contributed by atoms with van der Waals surface area (Å²) in [7, 11) is 0. The zero-order chi connectivity index (χ0) is 12.2. The molecule has 0 unspecified atom stereocenters. The van der Waals surface area contributed by atoms with Crippen molar-refractivity contribution in [2.24, 2.45) is 11.3 Å². The Morgan fingerprint density at radius 2 is 2.18 bits per heavy atom. The zero-order valence-electron chi connectivity index (χ0n) is 10.6. The Morgan fingerprint density at radius 1 is 1.41 bits per heavy atom. The first kappa shape index (κ1) is 10.8. The topological polar surface area (TPSA) is 26.3 Å². The molecule has 17 heavy (non-hydrogen) atoms. The van der Waals surface area contributed by atoms with E-state index < -0.39 is 0 Å². The molecular formula is C15H18O2. The fourth-order valence-corrected chi connectivity index (χ4v) is 3.51. The summed E-state index contributed by atoms with van der Waals surface area (Å²) in [6.45, 7) is 6.38. The number of fused-ring (bicyclic) bond motifs is 2. The average Bonchev–Trinajstić information content (AvgIpc) is 2.52. The number of carbonyl (C=O) groups excluding carboxylic acids is 1. The van der Waals surface area contributed by atoms with Crippen LogP contribution in [0.25, 0.3) is 0 Å². The number of hydrogen-bond donors (Lipinski definition) is 0. The van der Waals surface area contributed by atoms with E-state index in [9.17, 15) is 4.79 Å². The lowest BCUT2D eigenvalue weighted by Crippen LogP contribution is -2.38. The molecule has 0 amide bonds. The van der Waals surface area contributed by atoms with Crippen LogP contribution in [-0.4, -0.2) is 12.1 Å². The highest BCUT2D eigenvalue weighted by molar-refractivity contribution is 5.91. The maximum absolute atomic E-state index is 11.6. The van der Waals surface area contributed by atoms with E-state index in [-0.39, 0.29) is 17.5 Å². The van der Waals surface area contributed by atoms with Gasteiger partial charge in [0.1, 0.15) is 6.10 Å². The van der Waals surface area contributed by atoms with E-state index in [4.69, 9.17) is 4.74 Å². The van der Waals surface area contributed by atoms with E-state index in [2.05, 4.69) is 32.1 Å². The minimum atomic E-state index is -0.113. The van der Waals surface area contributed by atoms with Gasteiger partial charge in [-0.1, -0.05) is 30.7 Å². The maximum Gasteiger partial charge on any atom is 0.334 e. The molecule has 0 spiro atoms. The highest BCUT2D eigenvalue weighted by Crippen LogP contribution is 2.52. The molecule has 0 N–H and O–H groups in total. The van der Waals surface area contributed by atoms with Gasteiger partial charge in [0.25, 0.3) is 0 Å². The predicted octanol–water partition coefficient (Wildman–Crippen LogP) is 3.16. The summed E-state index contributed by atoms with van der Waals surface area (Å²) in [6.07, 6.45) is 8.55. The van der Waals surface area contributed by atoms with Crippen molar-refractivity contribution in [3.63, 3.8) is 0 Å². The van der Waals surface area contributed by atoms with Crippen LogP contribution in [0.15, 0.2) is 34.9 Å². The Kier molecular flexibility index (Phi) is 2.13. The first-order chi connectivity index (χ1) is 8.01. The van der Waals surface area contributed by atoms with Crippen molar-refractivity contribution < 1.29 is 9.53 Å². The van der Waals surface area contributed by atoms with Gasteiger partial charge in [-0.2, -0.15) is 0 Å². The van der Waals surface area contributed by atoms with E-state index >= 15 is 0 Å². The fourth-order valence-electron chi connectivity index (χ4n) is 3.51. The van der Waals surface area contributed by atoms with E-state index in [1.807, 2.05) is 6.92 Å². The van der Waals surface area contributed by atoms with Crippen molar-refractivity contribution in [2.45, 2.75) is 39.7 Å². The second-order valence-corrected chi connectivity index (χ2v) is 5.78. The minimum Gasteiger partial charge on any atom is -0.454 e. The van der Waals surface area contributed by atoms with Gasteiger partial charge in [0.2, 0.25) is 0 Å². The van der Waals surface area contributed by atoms with Gasteiger partial charge >= 0.3 is 5.97 Å². The monoisotopic (exact) mass is 230 g/mol. The molecule has 0 saturated heterocycles. The van der Waals surface area contributed by atoms with E-state index in [0.29, 0.717) is 5.92 Å². The van der Waals surface area contributed by atoms with Crippen molar-refractivity contribution in [2.75, 3.05) is 0 Å². The van der Waals surface area contributed by atoms with Crippen LogP contribution >= 0.6 is 0 Å². The molecule has 3 rings (SSSR count). The molecule has 0 aromatic heterocycles. The Morgan fingerprint density at radius 3 is 2.94 bits per heavy atom. The molecule has 1 aliphatic heterocycles. The van der Waals surface area contributed by atoms with Crippen molar-refractivity contribution in [3.05, 3.63) is 34.9 Å². The minimum absolute atomic E-state index is 0.0271. The molecule has 1 heterocycles. The third-order valence-corrected chi connectivity index (χ3v) is 4.66. The van der Waals surface area contributed by atoms with Crippen molar-refractivity contribution in [1.82, 2.24) is 0 Å². The molecule has 0 radical (unpaired) electrons. The molecule has 90 valence electrons. The molecular weight excluding hydrogens is 212 g/mol. The fraction of sp³-hybridized carbons (Fsp3) is 0.533. The lowest BCUT2D eigenvalue weighted by atomic mass is 9.61. The first-order valence-electron chi connectivity index (χ1n) is 6.28. The summed E-state index contributed by atoms with van der Waals surface area (Å²) in [5.74, 6) is 0.418. The highest BCUT2D eigenvalue weighted by Gasteiger charge is 2.47. The molecule has 2 nitrogen and oxygen atoms in total. The van der Waals surface area contributed by atoms with Gasteiger partial charge in [-0.25, -0.2) is 4.79 Å². The Bertz CT molecular complexity index is 481. The first-order valence-corrected chi connectivity index (χ1v) is 6.28. The number of hydrogen-bond acceptors (Lipinski definition) is 2. The quantitative estimate of drug-likeness (QED) is 0.597. The molecule has 2 heteroatoms. The van der Waals surface area contributed by atoms with E-state index in [1.54, 1.807) is 0 Å². The van der Waals surface area contributed by atoms with Gasteiger partial charge in [-0.3, -0.25) is 0 Å². The number of allylic oxidation sites excluding steroid dienone is 4. The average molecular weight is 230 g/mol. The Hall–Kier alpha value is -1.31. The summed E-state index contributed by atoms with van der Waals surface area (Å²) in [5.41, 5.74) is 3.66. The standard InChI is InChI=1S/C15H18O2/c1-9-5-4-6-15(3)8-13-11(7-12(9)15)10(2)14(16)17-13/h4-6,12-13H,7-8H2,1-3H3/t12-,13+,15-/m1/s1. The number of carbonyl (C=O) groups is 1. The van der Waals surface area contributed by atoms with Crippen LogP contribution in [0, 0.1) is 11.3 Å². The smallest absolute Gasteiger partial charge is 0.334 e. The molecule has 0 bridgehead atoms. The van der Waals surface area contributed by atoms with E-state index in [1.165, 1.54) is 11.1 Å². The number of rotatable bonds is 0. The van der Waals surface area contributed by atoms with Gasteiger partial charge in [-0.05, 0) is 43.6 Å². The molecule has 3 atom stereocenters. The van der Waals surface area contributed by atoms with Crippen LogP contribution in [0.1, 0.15) is 33.6 Å². The lowest BCUT2D eigenvalue weighted by molar-refractivity contribution is -0.141. The zero-order valence-corrected chi connectivity index (χ0v) is 10.6. The third-order valence-electron chi connectivity index (χ3n) is 4.66. The molecule has 1 saturated carbocycles. The van der Waals surface area contributed by atoms with Crippen molar-refractivity contribution in [1.29, 1.82) is 0 Å². The van der Waals surface area contributed by atoms with Crippen LogP contribution in [0.3, 0.4) is 0 Å². The van der Waals surface area contributed by atoms with Crippen LogP contribution in [-0.2, 0) is 9.53 Å². The van der Waals surface area contributed by atoms with E-state index in [0.717, 1.165) is 18.4 Å². The molecule has 0 aromatic rings. The molecule has 0 aromatic carbocycles. The van der Waals surface area contributed by atoms with Crippen molar-refractivity contribution >= 4 is 5.97 Å². The molecule has 3 aliphatic rings. The second-order valence-electron chi connectivity index (χ2n) is 5.78. The van der Waals surface area contributed by atoms with Crippen LogP contribution in [0.2, 0.25) is 0 Å². The third kappa shape index (κ3) is 1.43. The predicted molar refractivity (Wildman–Crippen MR) is 66.3 cm³/mol.